The van der Waals surface area contributed by atoms with Crippen LogP contribution in [0.1, 0.15) is 10.4 Å². The molecule has 14 heteroatoms. The summed E-state index contributed by atoms with van der Waals surface area (Å²) < 4.78 is 31.6. The molecule has 0 fully saturated rings. The van der Waals surface area contributed by atoms with E-state index in [4.69, 9.17) is 5.11 Å². The third-order valence-electron chi connectivity index (χ3n) is 1.45. The molecule has 0 aliphatic rings. The van der Waals surface area contributed by atoms with Gasteiger partial charge in [0, 0.05) is 0 Å². The average Bonchev–Trinajstić information content (AvgIpc) is 2.25. The van der Waals surface area contributed by atoms with E-state index in [-0.39, 0.29) is 17.4 Å². The molecule has 0 amide bonds. The number of hydrogen-bond donors (Lipinski definition) is 7. The molecular formula is C9H18N6O7S. The van der Waals surface area contributed by atoms with Crippen LogP contribution in [-0.2, 0) is 10.1 Å². The number of rotatable bonds is 2. The molecule has 0 saturated heterocycles. The predicted molar refractivity (Wildman–Crippen MR) is 75.0 cm³/mol. The minimum absolute atomic E-state index is 0. The van der Waals surface area contributed by atoms with E-state index in [1.807, 2.05) is 0 Å². The summed E-state index contributed by atoms with van der Waals surface area (Å²) in [4.78, 5) is 9.58. The molecule has 0 aromatic heterocycles. The highest BCUT2D eigenvalue weighted by molar-refractivity contribution is 7.85. The first-order chi connectivity index (χ1) is 9.78. The van der Waals surface area contributed by atoms with Crippen LogP contribution in [0.3, 0.4) is 0 Å². The highest BCUT2D eigenvalue weighted by Gasteiger charge is 2.13. The Hall–Kier alpha value is -3.10. The molecule has 0 unspecified atom stereocenters. The van der Waals surface area contributed by atoms with Crippen LogP contribution in [0.5, 0.6) is 5.75 Å². The van der Waals surface area contributed by atoms with E-state index in [0.29, 0.717) is 12.1 Å². The topological polar surface area (TPSA) is 304 Å². The fraction of sp³-hybridized carbons (Fsp3) is 0. The van der Waals surface area contributed by atoms with Crippen LogP contribution in [0.25, 0.3) is 0 Å². The summed E-state index contributed by atoms with van der Waals surface area (Å²) in [5, 5.41) is 28.4. The molecule has 0 radical (unpaired) electrons. The van der Waals surface area contributed by atoms with Crippen LogP contribution in [-0.4, -0.2) is 41.4 Å². The largest absolute Gasteiger partial charge is 0.872 e. The summed E-state index contributed by atoms with van der Waals surface area (Å²) >= 11 is 0. The van der Waals surface area contributed by atoms with Crippen LogP contribution in [0.15, 0.2) is 23.1 Å². The minimum atomic E-state index is -4.86. The third-order valence-corrected chi connectivity index (χ3v) is 2.35. The SMILES string of the molecule is NC(N)=[NH2+].NC(N)=[NH2+].O.O=C(O)c1cc([O-])ccc1S(=O)(=O)[O-]. The molecule has 0 saturated carbocycles. The Balaban J connectivity index is -0.000000374. The Labute approximate surface area is 130 Å². The molecule has 13 nitrogen and oxygen atoms in total. The monoisotopic (exact) mass is 354 g/mol. The lowest BCUT2D eigenvalue weighted by atomic mass is 10.2. The quantitative estimate of drug-likeness (QED) is 0.149. The maximum absolute atomic E-state index is 10.7. The van der Waals surface area contributed by atoms with Crippen molar-refractivity contribution in [2.45, 2.75) is 4.90 Å². The lowest BCUT2D eigenvalue weighted by Crippen LogP contribution is -2.51. The first-order valence-corrected chi connectivity index (χ1v) is 6.46. The Kier molecular flexibility index (Phi) is 11.5. The highest BCUT2D eigenvalue weighted by atomic mass is 32.2. The van der Waals surface area contributed by atoms with Crippen LogP contribution >= 0.6 is 0 Å². The zero-order chi connectivity index (χ0) is 18.1. The Morgan fingerprint density at radius 1 is 1.09 bits per heavy atom. The van der Waals surface area contributed by atoms with Crippen LogP contribution in [0.4, 0.5) is 0 Å². The molecule has 1 aromatic rings. The van der Waals surface area contributed by atoms with Crippen LogP contribution in [0, 0.1) is 0 Å². The van der Waals surface area contributed by atoms with Gasteiger partial charge in [-0.3, -0.25) is 33.8 Å². The normalized spacial score (nSPS) is 8.91. The molecule has 15 N–H and O–H groups in total. The van der Waals surface area contributed by atoms with Gasteiger partial charge < -0.3 is 20.2 Å². The fourth-order valence-corrected chi connectivity index (χ4v) is 1.54. The summed E-state index contributed by atoms with van der Waals surface area (Å²) in [5.74, 6) is -2.47. The van der Waals surface area contributed by atoms with Gasteiger partial charge >= 0.3 is 17.9 Å². The fourth-order valence-electron chi connectivity index (χ4n) is 0.894. The van der Waals surface area contributed by atoms with E-state index in [9.17, 15) is 22.9 Å². The number of nitrogens with two attached hydrogens (primary N) is 6. The molecule has 132 valence electrons. The zero-order valence-electron chi connectivity index (χ0n) is 11.6. The summed E-state index contributed by atoms with van der Waals surface area (Å²) in [6, 6.07) is 2.10. The van der Waals surface area contributed by atoms with Crippen molar-refractivity contribution in [1.29, 1.82) is 0 Å². The maximum atomic E-state index is 10.7. The molecule has 0 aliphatic heterocycles. The highest BCUT2D eigenvalue weighted by Crippen LogP contribution is 2.19. The molecule has 0 spiro atoms. The Morgan fingerprint density at radius 3 is 1.70 bits per heavy atom. The summed E-state index contributed by atoms with van der Waals surface area (Å²) in [6.45, 7) is 0. The number of guanidine groups is 2. The lowest BCUT2D eigenvalue weighted by molar-refractivity contribution is -0.268. The number of benzene rings is 1. The number of carboxylic acids is 1. The van der Waals surface area contributed by atoms with Gasteiger partial charge in [0.05, 0.1) is 10.5 Å². The lowest BCUT2D eigenvalue weighted by Gasteiger charge is -2.13. The molecular weight excluding hydrogens is 336 g/mol. The van der Waals surface area contributed by atoms with Crippen molar-refractivity contribution in [1.82, 2.24) is 0 Å². The number of aromatic carboxylic acids is 1. The third kappa shape index (κ3) is 13.6. The zero-order valence-corrected chi connectivity index (χ0v) is 12.4. The van der Waals surface area contributed by atoms with Gasteiger partial charge in [0.25, 0.3) is 0 Å². The maximum Gasteiger partial charge on any atom is 0.336 e. The van der Waals surface area contributed by atoms with Gasteiger partial charge in [0.2, 0.25) is 0 Å². The average molecular weight is 354 g/mol. The Bertz CT molecular complexity index is 640. The van der Waals surface area contributed by atoms with Crippen molar-refractivity contribution >= 4 is 28.0 Å². The van der Waals surface area contributed by atoms with Crippen molar-refractivity contribution in [3.63, 3.8) is 0 Å². The number of carboxylic acid groups (broad SMARTS) is 1. The molecule has 0 atom stereocenters. The van der Waals surface area contributed by atoms with E-state index >= 15 is 0 Å². The smallest absolute Gasteiger partial charge is 0.336 e. The molecule has 0 heterocycles. The van der Waals surface area contributed by atoms with Crippen LogP contribution < -0.4 is 38.9 Å². The number of hydrogen-bond acceptors (Lipinski definition) is 5. The standard InChI is InChI=1S/C7H6O6S.2CH5N3.H2O/c8-4-1-2-6(14(11,12)13)5(3-4)7(9)10;2*2-1(3)4;/h1-3,8H,(H,9,10)(H,11,12,13);2*(H5,2,3,4);1H2. The summed E-state index contributed by atoms with van der Waals surface area (Å²) in [5.41, 5.74) is 17.5. The second-order valence-electron chi connectivity index (χ2n) is 3.42. The number of carbonyl (C=O) groups is 1. The molecule has 0 bridgehead atoms. The molecule has 0 aliphatic carbocycles. The first-order valence-electron chi connectivity index (χ1n) is 5.06. The minimum Gasteiger partial charge on any atom is -0.872 e. The second kappa shape index (κ2) is 10.6. The predicted octanol–water partition coefficient (Wildman–Crippen LogP) is -7.42. The van der Waals surface area contributed by atoms with Crippen molar-refractivity contribution in [2.75, 3.05) is 0 Å². The second-order valence-corrected chi connectivity index (χ2v) is 4.77. The van der Waals surface area contributed by atoms with Crippen molar-refractivity contribution in [3.8, 4) is 5.75 Å². The first kappa shape index (κ1) is 24.9. The van der Waals surface area contributed by atoms with E-state index in [2.05, 4.69) is 33.8 Å². The van der Waals surface area contributed by atoms with E-state index in [0.717, 1.165) is 6.07 Å². The van der Waals surface area contributed by atoms with Crippen LogP contribution in [0.2, 0.25) is 0 Å². The van der Waals surface area contributed by atoms with Gasteiger partial charge in [0.15, 0.2) is 0 Å². The van der Waals surface area contributed by atoms with E-state index in [1.165, 1.54) is 0 Å². The Morgan fingerprint density at radius 2 is 1.43 bits per heavy atom. The molecule has 23 heavy (non-hydrogen) atoms. The summed E-state index contributed by atoms with van der Waals surface area (Å²) in [6.07, 6.45) is 0. The van der Waals surface area contributed by atoms with Gasteiger partial charge in [-0.25, -0.2) is 13.2 Å². The van der Waals surface area contributed by atoms with Gasteiger partial charge in [-0.05, 0) is 6.07 Å². The van der Waals surface area contributed by atoms with E-state index < -0.39 is 32.3 Å². The van der Waals surface area contributed by atoms with Crippen molar-refractivity contribution < 1.29 is 44.3 Å². The van der Waals surface area contributed by atoms with Gasteiger partial charge in [-0.1, -0.05) is 12.1 Å². The molecule has 1 aromatic carbocycles. The van der Waals surface area contributed by atoms with Gasteiger partial charge in [-0.15, -0.1) is 5.75 Å². The molecule has 1 rings (SSSR count). The summed E-state index contributed by atoms with van der Waals surface area (Å²) in [7, 11) is -4.86. The van der Waals surface area contributed by atoms with Gasteiger partial charge in [-0.2, -0.15) is 0 Å². The van der Waals surface area contributed by atoms with E-state index in [1.54, 1.807) is 0 Å². The van der Waals surface area contributed by atoms with Crippen molar-refractivity contribution in [3.05, 3.63) is 23.8 Å². The van der Waals surface area contributed by atoms with Crippen molar-refractivity contribution in [2.24, 2.45) is 22.9 Å². The van der Waals surface area contributed by atoms with Gasteiger partial charge in [0.1, 0.15) is 10.1 Å².